The van der Waals surface area contributed by atoms with Crippen LogP contribution in [0.5, 0.6) is 23.0 Å². The van der Waals surface area contributed by atoms with E-state index in [9.17, 15) is 9.90 Å². The number of thiocarbonyl (C=S) groups is 1. The first-order chi connectivity index (χ1) is 23.3. The molecule has 48 heavy (non-hydrogen) atoms. The van der Waals surface area contributed by atoms with Crippen molar-refractivity contribution in [2.75, 3.05) is 17.2 Å². The van der Waals surface area contributed by atoms with E-state index >= 15 is 0 Å². The molecular weight excluding hydrogens is 623 g/mol. The number of ether oxygens (including phenoxy) is 3. The molecule has 2 aliphatic rings. The standard InChI is InChI=1S/C39H31N3O5S/c1-22-15-23(2)17-26(16-22)42-38(48)41-25-7-10-31-30(18-25)37(44)47-39(31)32-11-8-27(43)19-35(32)46-36-20-28(9-12-33(36)39)45-14-13-24-21-40-34-6-4-3-5-29(24)34/h3-12,15-21,40,43H,13-14H2,1-2H3,(H2,41,42,48). The lowest BCUT2D eigenvalue weighted by Gasteiger charge is -2.36. The Morgan fingerprint density at radius 2 is 1.58 bits per heavy atom. The topological polar surface area (TPSA) is 105 Å². The van der Waals surface area contributed by atoms with Crippen LogP contribution in [-0.2, 0) is 16.8 Å². The van der Waals surface area contributed by atoms with Gasteiger partial charge in [-0.3, -0.25) is 0 Å². The Bertz CT molecular complexity index is 2260. The number of phenols is 1. The van der Waals surface area contributed by atoms with Crippen LogP contribution in [0.15, 0.2) is 103 Å². The summed E-state index contributed by atoms with van der Waals surface area (Å²) >= 11 is 5.59. The number of carbonyl (C=O) groups excluding carboxylic acids is 1. The lowest BCUT2D eigenvalue weighted by Crippen LogP contribution is -2.33. The second kappa shape index (κ2) is 11.5. The van der Waals surface area contributed by atoms with Crippen molar-refractivity contribution in [2.45, 2.75) is 25.9 Å². The summed E-state index contributed by atoms with van der Waals surface area (Å²) in [7, 11) is 0. The van der Waals surface area contributed by atoms with E-state index in [0.717, 1.165) is 22.3 Å². The van der Waals surface area contributed by atoms with Crippen LogP contribution in [0.25, 0.3) is 10.9 Å². The molecule has 2 aliphatic heterocycles. The number of anilines is 2. The minimum absolute atomic E-state index is 0.0346. The van der Waals surface area contributed by atoms with Crippen LogP contribution in [0.2, 0.25) is 0 Å². The molecule has 0 aliphatic carbocycles. The van der Waals surface area contributed by atoms with Gasteiger partial charge in [-0.15, -0.1) is 0 Å². The van der Waals surface area contributed by atoms with E-state index in [0.29, 0.717) is 63.3 Å². The number of aromatic hydroxyl groups is 1. The molecule has 1 spiro atoms. The molecule has 0 amide bonds. The van der Waals surface area contributed by atoms with Gasteiger partial charge < -0.3 is 34.9 Å². The van der Waals surface area contributed by atoms with Crippen LogP contribution >= 0.6 is 12.2 Å². The quantitative estimate of drug-likeness (QED) is 0.105. The van der Waals surface area contributed by atoms with Crippen molar-refractivity contribution in [3.05, 3.63) is 142 Å². The zero-order valence-electron chi connectivity index (χ0n) is 26.2. The molecule has 1 atom stereocenters. The van der Waals surface area contributed by atoms with E-state index in [4.69, 9.17) is 26.4 Å². The summed E-state index contributed by atoms with van der Waals surface area (Å²) in [5.41, 5.74) is 7.08. The number of hydrogen-bond acceptors (Lipinski definition) is 6. The Morgan fingerprint density at radius 1 is 0.854 bits per heavy atom. The Hall–Kier alpha value is -5.80. The third kappa shape index (κ3) is 5.09. The first-order valence-electron chi connectivity index (χ1n) is 15.6. The summed E-state index contributed by atoms with van der Waals surface area (Å²) in [5, 5.41) is 18.4. The van der Waals surface area contributed by atoms with E-state index in [-0.39, 0.29) is 5.75 Å². The predicted octanol–water partition coefficient (Wildman–Crippen LogP) is 8.49. The van der Waals surface area contributed by atoms with E-state index < -0.39 is 11.6 Å². The number of para-hydroxylation sites is 1. The molecule has 0 radical (unpaired) electrons. The molecule has 8 rings (SSSR count). The van der Waals surface area contributed by atoms with E-state index in [1.54, 1.807) is 24.3 Å². The lowest BCUT2D eigenvalue weighted by molar-refractivity contribution is 0.0224. The zero-order valence-corrected chi connectivity index (χ0v) is 27.0. The number of hydrogen-bond donors (Lipinski definition) is 4. The molecule has 0 saturated heterocycles. The van der Waals surface area contributed by atoms with Gasteiger partial charge >= 0.3 is 5.97 Å². The number of aryl methyl sites for hydroxylation is 2. The highest BCUT2D eigenvalue weighted by molar-refractivity contribution is 7.80. The van der Waals surface area contributed by atoms with Crippen molar-refractivity contribution in [2.24, 2.45) is 0 Å². The van der Waals surface area contributed by atoms with Gasteiger partial charge in [0, 0.05) is 63.7 Å². The Balaban J connectivity index is 1.09. The van der Waals surface area contributed by atoms with Gasteiger partial charge in [-0.05, 0) is 97.4 Å². The molecule has 3 heterocycles. The normalized spacial score (nSPS) is 15.7. The maximum atomic E-state index is 13.6. The maximum absolute atomic E-state index is 13.6. The van der Waals surface area contributed by atoms with Gasteiger partial charge in [0.25, 0.3) is 0 Å². The number of carbonyl (C=O) groups is 1. The molecule has 1 unspecified atom stereocenters. The molecule has 8 nitrogen and oxygen atoms in total. The molecule has 0 bridgehead atoms. The fourth-order valence-corrected chi connectivity index (χ4v) is 7.06. The number of benzene rings is 5. The zero-order chi connectivity index (χ0) is 33.0. The van der Waals surface area contributed by atoms with Gasteiger partial charge in [0.05, 0.1) is 12.2 Å². The van der Waals surface area contributed by atoms with Crippen molar-refractivity contribution in [1.82, 2.24) is 4.98 Å². The molecular formula is C39H31N3O5S. The van der Waals surface area contributed by atoms with E-state index in [1.165, 1.54) is 17.0 Å². The first kappa shape index (κ1) is 29.6. The predicted molar refractivity (Wildman–Crippen MR) is 190 cm³/mol. The number of rotatable bonds is 6. The molecule has 5 aromatic carbocycles. The number of aromatic nitrogens is 1. The van der Waals surface area contributed by atoms with Gasteiger partial charge in [-0.25, -0.2) is 4.79 Å². The van der Waals surface area contributed by atoms with Gasteiger partial charge in [0.2, 0.25) is 0 Å². The second-order valence-electron chi connectivity index (χ2n) is 12.2. The fraction of sp³-hybridized carbons (Fsp3) is 0.128. The van der Waals surface area contributed by atoms with Crippen LogP contribution < -0.4 is 20.1 Å². The highest BCUT2D eigenvalue weighted by Crippen LogP contribution is 2.57. The van der Waals surface area contributed by atoms with Crippen LogP contribution in [0.3, 0.4) is 0 Å². The number of fused-ring (bicyclic) bond motifs is 7. The first-order valence-corrected chi connectivity index (χ1v) is 16.1. The summed E-state index contributed by atoms with van der Waals surface area (Å²) in [5.74, 6) is 1.03. The highest BCUT2D eigenvalue weighted by atomic mass is 32.1. The largest absolute Gasteiger partial charge is 0.508 e. The molecule has 9 heteroatoms. The summed E-state index contributed by atoms with van der Waals surface area (Å²) in [4.78, 5) is 16.9. The van der Waals surface area contributed by atoms with Crippen LogP contribution in [0, 0.1) is 13.8 Å². The van der Waals surface area contributed by atoms with Crippen molar-refractivity contribution >= 4 is 45.6 Å². The van der Waals surface area contributed by atoms with Crippen molar-refractivity contribution in [1.29, 1.82) is 0 Å². The van der Waals surface area contributed by atoms with Gasteiger partial charge in [0.15, 0.2) is 10.7 Å². The van der Waals surface area contributed by atoms with Crippen molar-refractivity contribution in [3.8, 4) is 23.0 Å². The number of nitrogens with one attached hydrogen (secondary N) is 3. The molecule has 238 valence electrons. The third-order valence-corrected chi connectivity index (χ3v) is 9.02. The maximum Gasteiger partial charge on any atom is 0.340 e. The smallest absolute Gasteiger partial charge is 0.340 e. The minimum atomic E-state index is -1.29. The van der Waals surface area contributed by atoms with Crippen molar-refractivity contribution < 1.29 is 24.1 Å². The second-order valence-corrected chi connectivity index (χ2v) is 12.6. The summed E-state index contributed by atoms with van der Waals surface area (Å²) in [6.45, 7) is 4.52. The van der Waals surface area contributed by atoms with Gasteiger partial charge in [-0.1, -0.05) is 30.3 Å². The van der Waals surface area contributed by atoms with Crippen LogP contribution in [0.4, 0.5) is 11.4 Å². The van der Waals surface area contributed by atoms with E-state index in [1.807, 2.05) is 68.6 Å². The summed E-state index contributed by atoms with van der Waals surface area (Å²) < 4.78 is 18.8. The van der Waals surface area contributed by atoms with Gasteiger partial charge in [-0.2, -0.15) is 0 Å². The molecule has 4 N–H and O–H groups in total. The van der Waals surface area contributed by atoms with Crippen LogP contribution in [0.1, 0.15) is 43.7 Å². The third-order valence-electron chi connectivity index (χ3n) is 8.81. The number of esters is 1. The Morgan fingerprint density at radius 3 is 2.42 bits per heavy atom. The highest BCUT2D eigenvalue weighted by Gasteiger charge is 2.53. The number of H-pyrrole nitrogens is 1. The van der Waals surface area contributed by atoms with Gasteiger partial charge in [0.1, 0.15) is 23.0 Å². The Kier molecular flexibility index (Phi) is 7.07. The molecule has 6 aromatic rings. The number of phenolic OH excluding ortho intramolecular Hbond substituents is 1. The average molecular weight is 654 g/mol. The van der Waals surface area contributed by atoms with Crippen molar-refractivity contribution in [3.63, 3.8) is 0 Å². The monoisotopic (exact) mass is 653 g/mol. The summed E-state index contributed by atoms with van der Waals surface area (Å²) in [6.07, 6.45) is 2.73. The number of aromatic amines is 1. The SMILES string of the molecule is Cc1cc(C)cc(NC(=S)Nc2ccc3c(c2)C(=O)OC32c3ccc(O)cc3Oc3cc(OCCc4c[nH]c5ccccc45)ccc32)c1. The van der Waals surface area contributed by atoms with Crippen LogP contribution in [-0.4, -0.2) is 27.8 Å². The molecule has 0 saturated carbocycles. The fourth-order valence-electron chi connectivity index (χ4n) is 6.82. The Labute approximate surface area is 282 Å². The van der Waals surface area contributed by atoms with E-state index in [2.05, 4.69) is 33.8 Å². The summed E-state index contributed by atoms with van der Waals surface area (Å²) in [6, 6.07) is 30.2. The average Bonchev–Trinajstić information content (AvgIpc) is 3.59. The lowest BCUT2D eigenvalue weighted by atomic mass is 9.77. The minimum Gasteiger partial charge on any atom is -0.508 e. The molecule has 0 fully saturated rings. The molecule has 1 aromatic heterocycles.